The van der Waals surface area contributed by atoms with Crippen molar-refractivity contribution in [1.82, 2.24) is 5.16 Å². The smallest absolute Gasteiger partial charge is 0.265 e. The molecular weight excluding hydrogens is 355 g/mol. The lowest BCUT2D eigenvalue weighted by Crippen LogP contribution is -2.10. The number of anilines is 1. The maximum absolute atomic E-state index is 12.4. The van der Waals surface area contributed by atoms with Crippen LogP contribution in [-0.2, 0) is 0 Å². The van der Waals surface area contributed by atoms with Gasteiger partial charge in [-0.2, -0.15) is 0 Å². The van der Waals surface area contributed by atoms with Crippen LogP contribution < -0.4 is 5.32 Å². The average molecular weight is 367 g/mol. The van der Waals surface area contributed by atoms with Crippen molar-refractivity contribution in [3.05, 3.63) is 56.7 Å². The highest BCUT2D eigenvalue weighted by Crippen LogP contribution is 2.34. The average Bonchev–Trinajstić information content (AvgIpc) is 3.11. The summed E-state index contributed by atoms with van der Waals surface area (Å²) < 4.78 is 5.17. The number of aryl methyl sites for hydroxylation is 2. The summed E-state index contributed by atoms with van der Waals surface area (Å²) in [5.74, 6) is 0.492. The van der Waals surface area contributed by atoms with Gasteiger partial charge in [-0.1, -0.05) is 34.4 Å². The standard InChI is InChI=1S/C16H12Cl2N2O2S/c1-8-14(9(2)22-20-8)12-6-7-13(23-12)16(21)19-11-5-3-4-10(17)15(11)18/h3-7H,1-2H3,(H,19,21). The lowest BCUT2D eigenvalue weighted by Gasteiger charge is -2.06. The summed E-state index contributed by atoms with van der Waals surface area (Å²) in [7, 11) is 0. The summed E-state index contributed by atoms with van der Waals surface area (Å²) in [5.41, 5.74) is 2.21. The maximum atomic E-state index is 12.4. The number of aromatic nitrogens is 1. The zero-order valence-electron chi connectivity index (χ0n) is 12.3. The highest BCUT2D eigenvalue weighted by molar-refractivity contribution is 7.17. The molecule has 0 saturated heterocycles. The molecule has 0 fully saturated rings. The van der Waals surface area contributed by atoms with Crippen molar-refractivity contribution in [2.45, 2.75) is 13.8 Å². The van der Waals surface area contributed by atoms with Gasteiger partial charge in [0.25, 0.3) is 5.91 Å². The quantitative estimate of drug-likeness (QED) is 0.658. The van der Waals surface area contributed by atoms with Gasteiger partial charge >= 0.3 is 0 Å². The number of hydrogen-bond donors (Lipinski definition) is 1. The minimum absolute atomic E-state index is 0.239. The molecule has 0 atom stereocenters. The van der Waals surface area contributed by atoms with Crippen molar-refractivity contribution < 1.29 is 9.32 Å². The number of halogens is 2. The predicted molar refractivity (Wildman–Crippen MR) is 93.7 cm³/mol. The Balaban J connectivity index is 1.86. The second-order valence-corrected chi connectivity index (χ2v) is 6.79. The van der Waals surface area contributed by atoms with E-state index in [0.29, 0.717) is 20.6 Å². The van der Waals surface area contributed by atoms with Gasteiger partial charge in [-0.25, -0.2) is 0 Å². The topological polar surface area (TPSA) is 55.1 Å². The van der Waals surface area contributed by atoms with E-state index in [-0.39, 0.29) is 5.91 Å². The Morgan fingerprint density at radius 3 is 2.70 bits per heavy atom. The molecule has 0 saturated carbocycles. The number of nitrogens with zero attached hydrogens (tertiary/aromatic N) is 1. The fourth-order valence-electron chi connectivity index (χ4n) is 2.21. The molecule has 2 aromatic heterocycles. The number of carbonyl (C=O) groups excluding carboxylic acids is 1. The van der Waals surface area contributed by atoms with E-state index in [0.717, 1.165) is 21.9 Å². The van der Waals surface area contributed by atoms with Gasteiger partial charge < -0.3 is 9.84 Å². The first-order chi connectivity index (χ1) is 11.0. The predicted octanol–water partition coefficient (Wildman–Crippen LogP) is 5.58. The molecule has 0 unspecified atom stereocenters. The summed E-state index contributed by atoms with van der Waals surface area (Å²) in [5, 5.41) is 7.43. The van der Waals surface area contributed by atoms with Crippen molar-refractivity contribution in [2.75, 3.05) is 5.32 Å². The van der Waals surface area contributed by atoms with E-state index >= 15 is 0 Å². The second-order valence-electron chi connectivity index (χ2n) is 4.92. The Labute approximate surface area is 147 Å². The molecule has 0 radical (unpaired) electrons. The largest absolute Gasteiger partial charge is 0.361 e. The number of rotatable bonds is 3. The zero-order chi connectivity index (χ0) is 16.6. The molecule has 0 spiro atoms. The summed E-state index contributed by atoms with van der Waals surface area (Å²) in [6.45, 7) is 3.72. The summed E-state index contributed by atoms with van der Waals surface area (Å²) in [6, 6.07) is 8.74. The number of hydrogen-bond acceptors (Lipinski definition) is 4. The lowest BCUT2D eigenvalue weighted by molar-refractivity contribution is 0.103. The summed E-state index contributed by atoms with van der Waals surface area (Å²) >= 11 is 13.4. The first kappa shape index (κ1) is 16.1. The third-order valence-corrected chi connectivity index (χ3v) is 5.23. The van der Waals surface area contributed by atoms with E-state index in [2.05, 4.69) is 10.5 Å². The van der Waals surface area contributed by atoms with E-state index in [4.69, 9.17) is 27.7 Å². The Kier molecular flexibility index (Phi) is 4.43. The van der Waals surface area contributed by atoms with Crippen LogP contribution in [0.15, 0.2) is 34.9 Å². The number of nitrogens with one attached hydrogen (secondary N) is 1. The van der Waals surface area contributed by atoms with Crippen LogP contribution >= 0.6 is 34.5 Å². The van der Waals surface area contributed by atoms with Gasteiger partial charge in [-0.3, -0.25) is 4.79 Å². The van der Waals surface area contributed by atoms with E-state index in [9.17, 15) is 4.79 Å². The molecule has 0 bridgehead atoms. The summed E-state index contributed by atoms with van der Waals surface area (Å²) in [6.07, 6.45) is 0. The van der Waals surface area contributed by atoms with Crippen molar-refractivity contribution in [3.63, 3.8) is 0 Å². The van der Waals surface area contributed by atoms with E-state index < -0.39 is 0 Å². The van der Waals surface area contributed by atoms with Crippen molar-refractivity contribution in [2.24, 2.45) is 0 Å². The number of benzene rings is 1. The van der Waals surface area contributed by atoms with Crippen molar-refractivity contribution in [3.8, 4) is 10.4 Å². The molecule has 3 rings (SSSR count). The highest BCUT2D eigenvalue weighted by atomic mass is 35.5. The number of thiophene rings is 1. The van der Waals surface area contributed by atoms with Crippen LogP contribution in [0, 0.1) is 13.8 Å². The maximum Gasteiger partial charge on any atom is 0.265 e. The molecule has 3 aromatic rings. The van der Waals surface area contributed by atoms with E-state index in [1.807, 2.05) is 19.9 Å². The SMILES string of the molecule is Cc1noc(C)c1-c1ccc(C(=O)Nc2cccc(Cl)c2Cl)s1. The zero-order valence-corrected chi connectivity index (χ0v) is 14.6. The second kappa shape index (κ2) is 6.35. The van der Waals surface area contributed by atoms with Crippen LogP contribution in [0.3, 0.4) is 0 Å². The third-order valence-electron chi connectivity index (χ3n) is 3.31. The Morgan fingerprint density at radius 1 is 1.22 bits per heavy atom. The minimum atomic E-state index is -0.239. The molecule has 118 valence electrons. The Hall–Kier alpha value is -1.82. The molecule has 4 nitrogen and oxygen atoms in total. The minimum Gasteiger partial charge on any atom is -0.361 e. The molecule has 0 aliphatic carbocycles. The third kappa shape index (κ3) is 3.13. The fraction of sp³-hybridized carbons (Fsp3) is 0.125. The lowest BCUT2D eigenvalue weighted by atomic mass is 10.2. The Bertz CT molecular complexity index is 867. The molecule has 7 heteroatoms. The fourth-order valence-corrected chi connectivity index (χ4v) is 3.61. The summed E-state index contributed by atoms with van der Waals surface area (Å²) in [4.78, 5) is 13.9. The molecule has 1 N–H and O–H groups in total. The molecule has 0 aliphatic heterocycles. The van der Waals surface area contributed by atoms with Crippen LogP contribution in [-0.4, -0.2) is 11.1 Å². The van der Waals surface area contributed by atoms with Gasteiger partial charge in [-0.15, -0.1) is 11.3 Å². The van der Waals surface area contributed by atoms with Gasteiger partial charge in [0, 0.05) is 4.88 Å². The van der Waals surface area contributed by atoms with Crippen molar-refractivity contribution >= 4 is 46.1 Å². The molecule has 23 heavy (non-hydrogen) atoms. The van der Waals surface area contributed by atoms with Crippen LogP contribution in [0.5, 0.6) is 0 Å². The van der Waals surface area contributed by atoms with Gasteiger partial charge in [0.1, 0.15) is 5.76 Å². The molecule has 2 heterocycles. The van der Waals surface area contributed by atoms with Crippen LogP contribution in [0.4, 0.5) is 5.69 Å². The van der Waals surface area contributed by atoms with E-state index in [1.165, 1.54) is 11.3 Å². The molecule has 0 aliphatic rings. The van der Waals surface area contributed by atoms with Crippen molar-refractivity contribution in [1.29, 1.82) is 0 Å². The van der Waals surface area contributed by atoms with E-state index in [1.54, 1.807) is 24.3 Å². The van der Waals surface area contributed by atoms with Crippen LogP contribution in [0.1, 0.15) is 21.1 Å². The number of carbonyl (C=O) groups is 1. The highest BCUT2D eigenvalue weighted by Gasteiger charge is 2.17. The van der Waals surface area contributed by atoms with Gasteiger partial charge in [0.05, 0.1) is 31.9 Å². The van der Waals surface area contributed by atoms with Gasteiger partial charge in [0.15, 0.2) is 0 Å². The molecular formula is C16H12Cl2N2O2S. The normalized spacial score (nSPS) is 10.8. The first-order valence-corrected chi connectivity index (χ1v) is 8.33. The first-order valence-electron chi connectivity index (χ1n) is 6.76. The molecule has 1 aromatic carbocycles. The monoisotopic (exact) mass is 366 g/mol. The van der Waals surface area contributed by atoms with Crippen LogP contribution in [0.2, 0.25) is 10.0 Å². The van der Waals surface area contributed by atoms with Gasteiger partial charge in [-0.05, 0) is 38.1 Å². The molecule has 1 amide bonds. The van der Waals surface area contributed by atoms with Crippen LogP contribution in [0.25, 0.3) is 10.4 Å². The number of amides is 1. The Morgan fingerprint density at radius 2 is 2.00 bits per heavy atom. The van der Waals surface area contributed by atoms with Gasteiger partial charge in [0.2, 0.25) is 0 Å².